The summed E-state index contributed by atoms with van der Waals surface area (Å²) in [6.45, 7) is 2.03. The van der Waals surface area contributed by atoms with Gasteiger partial charge in [0.25, 0.3) is 0 Å². The maximum Gasteiger partial charge on any atom is 0.204 e. The highest BCUT2D eigenvalue weighted by Crippen LogP contribution is 2.23. The minimum absolute atomic E-state index is 0.278. The fraction of sp³-hybridized carbons (Fsp3) is 0.0625. The molecule has 0 aliphatic heterocycles. The molecule has 2 aromatic heterocycles. The predicted molar refractivity (Wildman–Crippen MR) is 82.7 cm³/mol. The Morgan fingerprint density at radius 3 is 2.73 bits per heavy atom. The van der Waals surface area contributed by atoms with Crippen LogP contribution in [0.5, 0.6) is 0 Å². The maximum absolute atomic E-state index is 13.0. The van der Waals surface area contributed by atoms with Gasteiger partial charge >= 0.3 is 0 Å². The summed E-state index contributed by atoms with van der Waals surface area (Å²) in [6, 6.07) is 12.1. The van der Waals surface area contributed by atoms with E-state index < -0.39 is 0 Å². The summed E-state index contributed by atoms with van der Waals surface area (Å²) in [5.41, 5.74) is 4.29. The molecule has 2 heterocycles. The summed E-state index contributed by atoms with van der Waals surface area (Å²) in [5, 5.41) is 11.3. The van der Waals surface area contributed by atoms with Crippen molar-refractivity contribution in [3.63, 3.8) is 0 Å². The third-order valence-electron chi connectivity index (χ3n) is 3.49. The van der Waals surface area contributed by atoms with Crippen molar-refractivity contribution in [3.8, 4) is 0 Å². The normalized spacial score (nSPS) is 11.2. The summed E-state index contributed by atoms with van der Waals surface area (Å²) in [7, 11) is 0. The largest absolute Gasteiger partial charge is 0.337 e. The molecule has 0 fully saturated rings. The zero-order chi connectivity index (χ0) is 15.1. The second kappa shape index (κ2) is 4.77. The smallest absolute Gasteiger partial charge is 0.204 e. The first-order chi connectivity index (χ1) is 10.7. The van der Waals surface area contributed by atoms with Gasteiger partial charge < -0.3 is 5.32 Å². The highest BCUT2D eigenvalue weighted by molar-refractivity contribution is 5.84. The number of rotatable bonds is 2. The van der Waals surface area contributed by atoms with E-state index in [1.165, 1.54) is 12.1 Å². The van der Waals surface area contributed by atoms with E-state index >= 15 is 0 Å². The van der Waals surface area contributed by atoms with E-state index in [-0.39, 0.29) is 5.82 Å². The number of halogens is 1. The first-order valence-electron chi connectivity index (χ1n) is 6.83. The van der Waals surface area contributed by atoms with Gasteiger partial charge in [0, 0.05) is 5.69 Å². The molecule has 22 heavy (non-hydrogen) atoms. The van der Waals surface area contributed by atoms with Crippen LogP contribution in [0.4, 0.5) is 15.9 Å². The van der Waals surface area contributed by atoms with E-state index in [0.717, 1.165) is 22.3 Å². The SMILES string of the molecule is Cc1ccc2nc(Nc3ccc(F)cc3)c3nncn3c2c1. The van der Waals surface area contributed by atoms with Gasteiger partial charge in [0.05, 0.1) is 11.0 Å². The minimum atomic E-state index is -0.278. The number of aryl methyl sites for hydroxylation is 1. The molecule has 0 amide bonds. The number of benzene rings is 2. The Hall–Kier alpha value is -3.02. The van der Waals surface area contributed by atoms with Crippen LogP contribution in [0, 0.1) is 12.7 Å². The van der Waals surface area contributed by atoms with Crippen molar-refractivity contribution in [2.75, 3.05) is 5.32 Å². The highest BCUT2D eigenvalue weighted by Gasteiger charge is 2.10. The lowest BCUT2D eigenvalue weighted by molar-refractivity contribution is 0.628. The van der Waals surface area contributed by atoms with E-state index in [9.17, 15) is 4.39 Å². The van der Waals surface area contributed by atoms with Gasteiger partial charge in [-0.15, -0.1) is 10.2 Å². The lowest BCUT2D eigenvalue weighted by atomic mass is 10.2. The number of aromatic nitrogens is 4. The van der Waals surface area contributed by atoms with Crippen molar-refractivity contribution in [1.82, 2.24) is 19.6 Å². The quantitative estimate of drug-likeness (QED) is 0.615. The molecule has 0 aliphatic rings. The molecule has 4 rings (SSSR count). The number of nitrogens with zero attached hydrogens (tertiary/aromatic N) is 4. The monoisotopic (exact) mass is 293 g/mol. The highest BCUT2D eigenvalue weighted by atomic mass is 19.1. The van der Waals surface area contributed by atoms with Crippen LogP contribution >= 0.6 is 0 Å². The third kappa shape index (κ3) is 2.05. The van der Waals surface area contributed by atoms with Crippen molar-refractivity contribution in [1.29, 1.82) is 0 Å². The molecule has 0 spiro atoms. The van der Waals surface area contributed by atoms with Crippen LogP contribution in [0.1, 0.15) is 5.56 Å². The molecular formula is C16H12FN5. The molecule has 0 unspecified atom stereocenters. The predicted octanol–water partition coefficient (Wildman–Crippen LogP) is 3.47. The van der Waals surface area contributed by atoms with E-state index in [4.69, 9.17) is 0 Å². The molecular weight excluding hydrogens is 281 g/mol. The Balaban J connectivity index is 1.90. The van der Waals surface area contributed by atoms with Gasteiger partial charge in [0.15, 0.2) is 5.82 Å². The fourth-order valence-corrected chi connectivity index (χ4v) is 2.42. The van der Waals surface area contributed by atoms with Gasteiger partial charge in [-0.1, -0.05) is 6.07 Å². The van der Waals surface area contributed by atoms with Gasteiger partial charge in [-0.3, -0.25) is 4.40 Å². The zero-order valence-corrected chi connectivity index (χ0v) is 11.8. The van der Waals surface area contributed by atoms with Crippen LogP contribution in [0.15, 0.2) is 48.8 Å². The average Bonchev–Trinajstić information content (AvgIpc) is 3.00. The number of hydrogen-bond acceptors (Lipinski definition) is 4. The summed E-state index contributed by atoms with van der Waals surface area (Å²) < 4.78 is 14.9. The van der Waals surface area contributed by atoms with Gasteiger partial charge in [-0.05, 0) is 48.9 Å². The third-order valence-corrected chi connectivity index (χ3v) is 3.49. The van der Waals surface area contributed by atoms with Crippen LogP contribution < -0.4 is 5.32 Å². The second-order valence-corrected chi connectivity index (χ2v) is 5.11. The van der Waals surface area contributed by atoms with E-state index in [1.807, 2.05) is 29.5 Å². The average molecular weight is 293 g/mol. The van der Waals surface area contributed by atoms with Gasteiger partial charge in [-0.25, -0.2) is 9.37 Å². The summed E-state index contributed by atoms with van der Waals surface area (Å²) >= 11 is 0. The van der Waals surface area contributed by atoms with Gasteiger partial charge in [-0.2, -0.15) is 0 Å². The lowest BCUT2D eigenvalue weighted by Gasteiger charge is -2.09. The Labute approximate surface area is 125 Å². The first kappa shape index (κ1) is 12.7. The summed E-state index contributed by atoms with van der Waals surface area (Å²) in [4.78, 5) is 4.61. The van der Waals surface area contributed by atoms with Crippen LogP contribution in [-0.4, -0.2) is 19.6 Å². The van der Waals surface area contributed by atoms with Gasteiger partial charge in [0.1, 0.15) is 12.1 Å². The molecule has 5 nitrogen and oxygen atoms in total. The van der Waals surface area contributed by atoms with Crippen LogP contribution in [0.3, 0.4) is 0 Å². The molecule has 0 saturated heterocycles. The van der Waals surface area contributed by atoms with Crippen LogP contribution in [0.2, 0.25) is 0 Å². The topological polar surface area (TPSA) is 55.1 Å². The summed E-state index contributed by atoms with van der Waals surface area (Å²) in [6.07, 6.45) is 1.66. The molecule has 2 aromatic carbocycles. The van der Waals surface area contributed by atoms with Crippen molar-refractivity contribution in [3.05, 3.63) is 60.2 Å². The van der Waals surface area contributed by atoms with Crippen LogP contribution in [-0.2, 0) is 0 Å². The van der Waals surface area contributed by atoms with Crippen LogP contribution in [0.25, 0.3) is 16.7 Å². The van der Waals surface area contributed by atoms with Crippen molar-refractivity contribution >= 4 is 28.2 Å². The molecule has 0 bridgehead atoms. The number of anilines is 2. The number of fused-ring (bicyclic) bond motifs is 3. The molecule has 108 valence electrons. The van der Waals surface area contributed by atoms with Gasteiger partial charge in [0.2, 0.25) is 5.65 Å². The molecule has 1 N–H and O–H groups in total. The molecule has 0 atom stereocenters. The Bertz CT molecular complexity index is 975. The lowest BCUT2D eigenvalue weighted by Crippen LogP contribution is -2.00. The number of nitrogens with one attached hydrogen (secondary N) is 1. The molecule has 0 radical (unpaired) electrons. The standard InChI is InChI=1S/C16H12FN5/c1-10-2-7-13-14(8-10)22-9-18-21-16(22)15(20-13)19-12-5-3-11(17)4-6-12/h2-9H,1H3,(H,19,20). The molecule has 6 heteroatoms. The minimum Gasteiger partial charge on any atom is -0.337 e. The number of hydrogen-bond donors (Lipinski definition) is 1. The molecule has 0 saturated carbocycles. The van der Waals surface area contributed by atoms with Crippen molar-refractivity contribution in [2.24, 2.45) is 0 Å². The Kier molecular flexibility index (Phi) is 2.75. The zero-order valence-electron chi connectivity index (χ0n) is 11.8. The maximum atomic E-state index is 13.0. The molecule has 4 aromatic rings. The molecule has 0 aliphatic carbocycles. The Morgan fingerprint density at radius 2 is 1.91 bits per heavy atom. The van der Waals surface area contributed by atoms with Crippen molar-refractivity contribution in [2.45, 2.75) is 6.92 Å². The summed E-state index contributed by atoms with van der Waals surface area (Å²) in [5.74, 6) is 0.306. The van der Waals surface area contributed by atoms with E-state index in [1.54, 1.807) is 18.5 Å². The second-order valence-electron chi connectivity index (χ2n) is 5.11. The first-order valence-corrected chi connectivity index (χ1v) is 6.83. The van der Waals surface area contributed by atoms with Crippen molar-refractivity contribution < 1.29 is 4.39 Å². The van der Waals surface area contributed by atoms with E-state index in [2.05, 4.69) is 20.5 Å². The van der Waals surface area contributed by atoms with E-state index in [0.29, 0.717) is 11.5 Å². The Morgan fingerprint density at radius 1 is 1.09 bits per heavy atom. The fourth-order valence-electron chi connectivity index (χ4n) is 2.42.